The van der Waals surface area contributed by atoms with Crippen molar-refractivity contribution in [1.29, 1.82) is 0 Å². The van der Waals surface area contributed by atoms with Crippen LogP contribution in [0.5, 0.6) is 0 Å². The largest absolute Gasteiger partial charge is 0.383 e. The van der Waals surface area contributed by atoms with Crippen LogP contribution in [0.3, 0.4) is 0 Å². The molecule has 6 heteroatoms. The second kappa shape index (κ2) is 7.21. The zero-order valence-corrected chi connectivity index (χ0v) is 13.9. The summed E-state index contributed by atoms with van der Waals surface area (Å²) in [7, 11) is 0. The Balaban J connectivity index is 1.42. The molecular formula is C18H25N3O3. The Morgan fingerprint density at radius 2 is 2.04 bits per heavy atom. The van der Waals surface area contributed by atoms with Crippen molar-refractivity contribution in [3.05, 3.63) is 35.9 Å². The van der Waals surface area contributed by atoms with Gasteiger partial charge in [-0.1, -0.05) is 30.3 Å². The minimum absolute atomic E-state index is 0.144. The Labute approximate surface area is 142 Å². The molecule has 2 saturated heterocycles. The molecule has 2 N–H and O–H groups in total. The second-order valence-electron chi connectivity index (χ2n) is 6.64. The third kappa shape index (κ3) is 3.70. The Kier molecular flexibility index (Phi) is 5.04. The van der Waals surface area contributed by atoms with Crippen molar-refractivity contribution in [2.75, 3.05) is 32.7 Å². The molecule has 0 aromatic heterocycles. The number of rotatable bonds is 5. The number of aliphatic hydroxyl groups is 1. The Morgan fingerprint density at radius 3 is 2.75 bits per heavy atom. The van der Waals surface area contributed by atoms with E-state index in [1.54, 1.807) is 4.90 Å². The average molecular weight is 331 g/mol. The van der Waals surface area contributed by atoms with Gasteiger partial charge in [0.1, 0.15) is 5.60 Å². The first-order valence-corrected chi connectivity index (χ1v) is 8.67. The minimum Gasteiger partial charge on any atom is -0.383 e. The van der Waals surface area contributed by atoms with E-state index in [2.05, 4.69) is 5.32 Å². The number of hydrogen-bond acceptors (Lipinski definition) is 3. The molecule has 0 unspecified atom stereocenters. The van der Waals surface area contributed by atoms with E-state index in [4.69, 9.17) is 0 Å². The summed E-state index contributed by atoms with van der Waals surface area (Å²) < 4.78 is 0. The van der Waals surface area contributed by atoms with Gasteiger partial charge in [-0.15, -0.1) is 0 Å². The maximum Gasteiger partial charge on any atom is 0.317 e. The summed E-state index contributed by atoms with van der Waals surface area (Å²) in [6, 6.07) is 9.36. The van der Waals surface area contributed by atoms with E-state index in [1.165, 1.54) is 0 Å². The summed E-state index contributed by atoms with van der Waals surface area (Å²) in [4.78, 5) is 27.3. The van der Waals surface area contributed by atoms with Gasteiger partial charge in [0.15, 0.2) is 0 Å². The molecule has 1 aromatic rings. The highest BCUT2D eigenvalue weighted by Crippen LogP contribution is 2.31. The molecule has 0 saturated carbocycles. The molecule has 6 nitrogen and oxygen atoms in total. The lowest BCUT2D eigenvalue weighted by Crippen LogP contribution is -2.41. The lowest BCUT2D eigenvalue weighted by molar-refractivity contribution is -0.127. The first kappa shape index (κ1) is 16.8. The summed E-state index contributed by atoms with van der Waals surface area (Å²) >= 11 is 0. The van der Waals surface area contributed by atoms with Crippen molar-refractivity contribution in [2.45, 2.75) is 31.3 Å². The van der Waals surface area contributed by atoms with Crippen LogP contribution >= 0.6 is 0 Å². The number of urea groups is 1. The molecule has 2 aliphatic rings. The number of nitrogens with zero attached hydrogens (tertiary/aromatic N) is 2. The summed E-state index contributed by atoms with van der Waals surface area (Å²) in [5.74, 6) is 0.216. The van der Waals surface area contributed by atoms with Crippen LogP contribution in [0.25, 0.3) is 0 Å². The van der Waals surface area contributed by atoms with Crippen molar-refractivity contribution in [2.24, 2.45) is 0 Å². The topological polar surface area (TPSA) is 72.9 Å². The van der Waals surface area contributed by atoms with Crippen LogP contribution in [-0.4, -0.2) is 59.6 Å². The van der Waals surface area contributed by atoms with Gasteiger partial charge < -0.3 is 20.2 Å². The highest BCUT2D eigenvalue weighted by atomic mass is 16.3. The zero-order valence-electron chi connectivity index (χ0n) is 13.9. The standard InChI is InChI=1S/C18H25N3O3/c22-16-8-4-11-20(16)12-5-10-19-17(23)21-13-9-18(24,14-21)15-6-2-1-3-7-15/h1-3,6-7,24H,4-5,8-14H2,(H,19,23)/t18-/m0/s1. The first-order valence-electron chi connectivity index (χ1n) is 8.67. The Morgan fingerprint density at radius 1 is 1.25 bits per heavy atom. The van der Waals surface area contributed by atoms with Crippen LogP contribution in [0.2, 0.25) is 0 Å². The highest BCUT2D eigenvalue weighted by molar-refractivity contribution is 5.78. The van der Waals surface area contributed by atoms with Gasteiger partial charge >= 0.3 is 6.03 Å². The molecule has 3 rings (SSSR count). The molecule has 24 heavy (non-hydrogen) atoms. The lowest BCUT2D eigenvalue weighted by atomic mass is 9.93. The molecule has 1 aromatic carbocycles. The molecule has 0 bridgehead atoms. The molecule has 1 atom stereocenters. The van der Waals surface area contributed by atoms with Gasteiger partial charge in [-0.25, -0.2) is 4.79 Å². The fourth-order valence-corrected chi connectivity index (χ4v) is 3.47. The molecule has 2 aliphatic heterocycles. The molecule has 0 aliphatic carbocycles. The predicted molar refractivity (Wildman–Crippen MR) is 90.4 cm³/mol. The molecular weight excluding hydrogens is 306 g/mol. The maximum absolute atomic E-state index is 12.2. The molecule has 2 heterocycles. The minimum atomic E-state index is -0.958. The smallest absolute Gasteiger partial charge is 0.317 e. The monoisotopic (exact) mass is 331 g/mol. The van der Waals surface area contributed by atoms with Crippen LogP contribution in [0.15, 0.2) is 30.3 Å². The van der Waals surface area contributed by atoms with E-state index in [9.17, 15) is 14.7 Å². The van der Waals surface area contributed by atoms with E-state index in [-0.39, 0.29) is 11.9 Å². The predicted octanol–water partition coefficient (Wildman–Crippen LogP) is 1.30. The van der Waals surface area contributed by atoms with Gasteiger partial charge in [-0.2, -0.15) is 0 Å². The number of nitrogens with one attached hydrogen (secondary N) is 1. The first-order chi connectivity index (χ1) is 11.6. The fourth-order valence-electron chi connectivity index (χ4n) is 3.47. The van der Waals surface area contributed by atoms with Crippen LogP contribution in [0.1, 0.15) is 31.2 Å². The van der Waals surface area contributed by atoms with Crippen molar-refractivity contribution < 1.29 is 14.7 Å². The van der Waals surface area contributed by atoms with E-state index in [0.717, 1.165) is 24.9 Å². The zero-order chi connectivity index (χ0) is 17.0. The van der Waals surface area contributed by atoms with E-state index < -0.39 is 5.60 Å². The van der Waals surface area contributed by atoms with Crippen LogP contribution in [0, 0.1) is 0 Å². The van der Waals surface area contributed by atoms with Crippen molar-refractivity contribution >= 4 is 11.9 Å². The summed E-state index contributed by atoms with van der Waals surface area (Å²) in [6.45, 7) is 2.94. The van der Waals surface area contributed by atoms with Gasteiger partial charge in [-0.05, 0) is 24.8 Å². The lowest BCUT2D eigenvalue weighted by Gasteiger charge is -2.24. The molecule has 0 radical (unpaired) electrons. The van der Waals surface area contributed by atoms with Crippen LogP contribution in [0.4, 0.5) is 4.79 Å². The number of carbonyl (C=O) groups is 2. The average Bonchev–Trinajstić information content (AvgIpc) is 3.19. The number of carbonyl (C=O) groups excluding carboxylic acids is 2. The third-order valence-electron chi connectivity index (χ3n) is 4.90. The summed E-state index contributed by atoms with van der Waals surface area (Å²) in [5.41, 5.74) is -0.103. The maximum atomic E-state index is 12.2. The van der Waals surface area contributed by atoms with E-state index in [1.807, 2.05) is 35.2 Å². The molecule has 130 valence electrons. The number of amides is 3. The van der Waals surface area contributed by atoms with Crippen LogP contribution < -0.4 is 5.32 Å². The molecule has 2 fully saturated rings. The summed E-state index contributed by atoms with van der Waals surface area (Å²) in [6.07, 6.45) is 2.90. The SMILES string of the molecule is O=C1CCCN1CCCNC(=O)N1CC[C@@](O)(c2ccccc2)C1. The van der Waals surface area contributed by atoms with Crippen molar-refractivity contribution in [1.82, 2.24) is 15.1 Å². The number of hydrogen-bond donors (Lipinski definition) is 2. The summed E-state index contributed by atoms with van der Waals surface area (Å²) in [5, 5.41) is 13.7. The van der Waals surface area contributed by atoms with Gasteiger partial charge in [0.25, 0.3) is 0 Å². The van der Waals surface area contributed by atoms with E-state index in [0.29, 0.717) is 39.0 Å². The number of likely N-dealkylation sites (tertiary alicyclic amines) is 2. The van der Waals surface area contributed by atoms with Crippen molar-refractivity contribution in [3.8, 4) is 0 Å². The van der Waals surface area contributed by atoms with Gasteiger partial charge in [0.2, 0.25) is 5.91 Å². The number of β-amino-alcohol motifs (C(OH)–C–C–N with tert-alkyl or cyclic N) is 1. The van der Waals surface area contributed by atoms with Gasteiger partial charge in [0, 0.05) is 32.6 Å². The molecule has 3 amide bonds. The molecule has 0 spiro atoms. The van der Waals surface area contributed by atoms with Gasteiger partial charge in [0.05, 0.1) is 6.54 Å². The van der Waals surface area contributed by atoms with Gasteiger partial charge in [-0.3, -0.25) is 4.79 Å². The normalized spacial score (nSPS) is 23.8. The Bertz CT molecular complexity index is 592. The second-order valence-corrected chi connectivity index (χ2v) is 6.64. The third-order valence-corrected chi connectivity index (χ3v) is 4.90. The fraction of sp³-hybridized carbons (Fsp3) is 0.556. The number of benzene rings is 1. The quantitative estimate of drug-likeness (QED) is 0.799. The van der Waals surface area contributed by atoms with Crippen molar-refractivity contribution in [3.63, 3.8) is 0 Å². The van der Waals surface area contributed by atoms with Crippen LogP contribution in [-0.2, 0) is 10.4 Å². The highest BCUT2D eigenvalue weighted by Gasteiger charge is 2.39. The van der Waals surface area contributed by atoms with E-state index >= 15 is 0 Å². The Hall–Kier alpha value is -2.08.